The second-order valence-electron chi connectivity index (χ2n) is 10.1. The normalized spacial score (nSPS) is 19.2. The standard InChI is InChI=1S/C27H28FIN6O3/c1-14-23-22(24(32(3)25(14)36)30-20-9-5-16(29)12-19(20)28)26(37)35(17-6-7-17)27(38)34(23)18-8-10-21-15(11-18)13-31(2)33(21)4/h5,8-12,17,26,30,37H,6-7,13H2,1-4H3. The smallest absolute Gasteiger partial charge is 0.331 e. The fraction of sp³-hybridized carbons (Fsp3) is 0.333. The summed E-state index contributed by atoms with van der Waals surface area (Å²) in [6, 6.07) is 10.0. The van der Waals surface area contributed by atoms with Crippen molar-refractivity contribution in [3.63, 3.8) is 0 Å². The van der Waals surface area contributed by atoms with E-state index in [-0.39, 0.29) is 29.1 Å². The number of nitrogens with one attached hydrogen (secondary N) is 1. The largest absolute Gasteiger partial charge is 0.369 e. The number of fused-ring (bicyclic) bond motifs is 2. The summed E-state index contributed by atoms with van der Waals surface area (Å²) >= 11 is 2.03. The van der Waals surface area contributed by atoms with Gasteiger partial charge < -0.3 is 15.4 Å². The highest BCUT2D eigenvalue weighted by Crippen LogP contribution is 2.49. The van der Waals surface area contributed by atoms with Gasteiger partial charge in [0.1, 0.15) is 11.6 Å². The molecule has 2 aliphatic heterocycles. The molecule has 1 atom stereocenters. The van der Waals surface area contributed by atoms with Gasteiger partial charge in [0.05, 0.1) is 28.3 Å². The molecule has 3 aliphatic rings. The molecule has 1 aromatic heterocycles. The highest BCUT2D eigenvalue weighted by atomic mass is 127. The lowest BCUT2D eigenvalue weighted by molar-refractivity contribution is 0.0237. The summed E-state index contributed by atoms with van der Waals surface area (Å²) in [4.78, 5) is 30.5. The van der Waals surface area contributed by atoms with Gasteiger partial charge in [0.15, 0.2) is 6.23 Å². The van der Waals surface area contributed by atoms with Crippen LogP contribution in [0.2, 0.25) is 0 Å². The van der Waals surface area contributed by atoms with Crippen LogP contribution < -0.4 is 20.8 Å². The Hall–Kier alpha value is -3.16. The fourth-order valence-corrected chi connectivity index (χ4v) is 5.90. The van der Waals surface area contributed by atoms with Gasteiger partial charge >= 0.3 is 6.03 Å². The van der Waals surface area contributed by atoms with E-state index in [4.69, 9.17) is 0 Å². The highest BCUT2D eigenvalue weighted by molar-refractivity contribution is 14.1. The lowest BCUT2D eigenvalue weighted by atomic mass is 10.0. The van der Waals surface area contributed by atoms with Crippen LogP contribution >= 0.6 is 22.6 Å². The number of nitrogens with zero attached hydrogens (tertiary/aromatic N) is 5. The van der Waals surface area contributed by atoms with E-state index in [1.54, 1.807) is 26.1 Å². The number of anilines is 5. The van der Waals surface area contributed by atoms with E-state index < -0.39 is 12.0 Å². The minimum Gasteiger partial charge on any atom is -0.369 e. The molecule has 3 aromatic rings. The number of benzene rings is 2. The van der Waals surface area contributed by atoms with Gasteiger partial charge in [0, 0.05) is 42.9 Å². The molecule has 0 radical (unpaired) electrons. The monoisotopic (exact) mass is 630 g/mol. The summed E-state index contributed by atoms with van der Waals surface area (Å²) in [5.41, 5.74) is 3.54. The number of urea groups is 1. The van der Waals surface area contributed by atoms with Crippen LogP contribution in [-0.2, 0) is 13.6 Å². The van der Waals surface area contributed by atoms with Crippen LogP contribution in [0, 0.1) is 16.3 Å². The van der Waals surface area contributed by atoms with Crippen molar-refractivity contribution in [1.82, 2.24) is 14.5 Å². The van der Waals surface area contributed by atoms with E-state index in [9.17, 15) is 19.1 Å². The van der Waals surface area contributed by atoms with Crippen molar-refractivity contribution in [2.75, 3.05) is 29.3 Å². The second kappa shape index (κ2) is 8.95. The molecule has 0 spiro atoms. The Bertz CT molecular complexity index is 1550. The van der Waals surface area contributed by atoms with E-state index in [0.717, 1.165) is 27.7 Å². The quantitative estimate of drug-likeness (QED) is 0.407. The van der Waals surface area contributed by atoms with Crippen molar-refractivity contribution < 1.29 is 14.3 Å². The molecule has 0 bridgehead atoms. The van der Waals surface area contributed by atoms with Crippen LogP contribution in [0.25, 0.3) is 0 Å². The Morgan fingerprint density at radius 2 is 1.82 bits per heavy atom. The van der Waals surface area contributed by atoms with Gasteiger partial charge in [-0.3, -0.25) is 19.2 Å². The van der Waals surface area contributed by atoms with Crippen molar-refractivity contribution in [3.05, 3.63) is 72.8 Å². The highest BCUT2D eigenvalue weighted by Gasteiger charge is 2.47. The summed E-state index contributed by atoms with van der Waals surface area (Å²) in [7, 11) is 5.55. The molecule has 1 saturated carbocycles. The zero-order valence-electron chi connectivity index (χ0n) is 21.5. The van der Waals surface area contributed by atoms with E-state index >= 15 is 0 Å². The molecule has 2 amide bonds. The number of pyridine rings is 1. The zero-order chi connectivity index (χ0) is 27.0. The predicted molar refractivity (Wildman–Crippen MR) is 152 cm³/mol. The second-order valence-corrected chi connectivity index (χ2v) is 11.4. The Labute approximate surface area is 233 Å². The molecule has 3 heterocycles. The first kappa shape index (κ1) is 25.1. The molecular weight excluding hydrogens is 602 g/mol. The van der Waals surface area contributed by atoms with Crippen molar-refractivity contribution in [2.45, 2.75) is 38.6 Å². The van der Waals surface area contributed by atoms with Gasteiger partial charge in [-0.1, -0.05) is 0 Å². The number of aromatic nitrogens is 1. The number of carbonyl (C=O) groups is 1. The Morgan fingerprint density at radius 3 is 2.50 bits per heavy atom. The summed E-state index contributed by atoms with van der Waals surface area (Å²) in [6.45, 7) is 2.34. The molecule has 0 saturated heterocycles. The predicted octanol–water partition coefficient (Wildman–Crippen LogP) is 4.70. The zero-order valence-corrected chi connectivity index (χ0v) is 23.7. The molecule has 1 fully saturated rings. The minimum absolute atomic E-state index is 0.111. The summed E-state index contributed by atoms with van der Waals surface area (Å²) in [5, 5.41) is 18.8. The van der Waals surface area contributed by atoms with Crippen molar-refractivity contribution in [2.24, 2.45) is 7.05 Å². The van der Waals surface area contributed by atoms with Gasteiger partial charge in [-0.2, -0.15) is 0 Å². The van der Waals surface area contributed by atoms with E-state index in [2.05, 4.69) is 10.3 Å². The average Bonchev–Trinajstić information content (AvgIpc) is 3.67. The van der Waals surface area contributed by atoms with Gasteiger partial charge in [-0.05, 0) is 84.3 Å². The molecular formula is C27H28FIN6O3. The molecule has 1 aliphatic carbocycles. The average molecular weight is 630 g/mol. The molecule has 2 aromatic carbocycles. The maximum atomic E-state index is 14.9. The van der Waals surface area contributed by atoms with Crippen LogP contribution in [-0.4, -0.2) is 45.8 Å². The molecule has 2 N–H and O–H groups in total. The number of hydrazine groups is 1. The van der Waals surface area contributed by atoms with Gasteiger partial charge in [-0.15, -0.1) is 0 Å². The van der Waals surface area contributed by atoms with Gasteiger partial charge in [-0.25, -0.2) is 14.2 Å². The number of halogens is 2. The topological polar surface area (TPSA) is 84.3 Å². The lowest BCUT2D eigenvalue weighted by Crippen LogP contribution is -2.50. The summed E-state index contributed by atoms with van der Waals surface area (Å²) < 4.78 is 17.0. The number of amides is 2. The maximum Gasteiger partial charge on any atom is 0.331 e. The van der Waals surface area contributed by atoms with Crippen LogP contribution in [0.3, 0.4) is 0 Å². The number of rotatable bonds is 4. The molecule has 198 valence electrons. The molecule has 11 heteroatoms. The van der Waals surface area contributed by atoms with Crippen molar-refractivity contribution >= 4 is 57.2 Å². The minimum atomic E-state index is -1.30. The number of hydrogen-bond donors (Lipinski definition) is 2. The third-order valence-corrected chi connectivity index (χ3v) is 8.36. The summed E-state index contributed by atoms with van der Waals surface area (Å²) in [6.07, 6.45) is 0.267. The summed E-state index contributed by atoms with van der Waals surface area (Å²) in [5.74, 6) is -0.241. The number of aliphatic hydroxyl groups is 1. The maximum absolute atomic E-state index is 14.9. The number of aliphatic hydroxyl groups excluding tert-OH is 1. The lowest BCUT2D eigenvalue weighted by Gasteiger charge is -2.42. The molecule has 6 rings (SSSR count). The number of carbonyl (C=O) groups excluding carboxylic acids is 1. The first-order chi connectivity index (χ1) is 18.1. The van der Waals surface area contributed by atoms with Crippen LogP contribution in [0.15, 0.2) is 41.2 Å². The van der Waals surface area contributed by atoms with E-state index in [0.29, 0.717) is 29.0 Å². The van der Waals surface area contributed by atoms with Crippen molar-refractivity contribution in [3.8, 4) is 0 Å². The van der Waals surface area contributed by atoms with Gasteiger partial charge in [0.25, 0.3) is 5.56 Å². The van der Waals surface area contributed by atoms with E-state index in [1.165, 1.54) is 20.4 Å². The van der Waals surface area contributed by atoms with Crippen LogP contribution in [0.1, 0.15) is 35.8 Å². The third-order valence-electron chi connectivity index (χ3n) is 7.69. The molecule has 38 heavy (non-hydrogen) atoms. The van der Waals surface area contributed by atoms with E-state index in [1.807, 2.05) is 59.9 Å². The Balaban J connectivity index is 1.58. The molecule has 9 nitrogen and oxygen atoms in total. The van der Waals surface area contributed by atoms with Crippen LogP contribution in [0.4, 0.5) is 37.8 Å². The molecule has 1 unspecified atom stereocenters. The Kier molecular flexibility index (Phi) is 5.92. The Morgan fingerprint density at radius 1 is 1.08 bits per heavy atom. The van der Waals surface area contributed by atoms with Crippen molar-refractivity contribution in [1.29, 1.82) is 0 Å². The SMILES string of the molecule is Cc1c2c(c(Nc3ccc(I)cc3F)n(C)c1=O)C(O)N(C1CC1)C(=O)N2c1ccc2c(c1)CN(C)N2C. The first-order valence-corrected chi connectivity index (χ1v) is 13.5. The first-order valence-electron chi connectivity index (χ1n) is 12.4. The van der Waals surface area contributed by atoms with Crippen LogP contribution in [0.5, 0.6) is 0 Å². The fourth-order valence-electron chi connectivity index (χ4n) is 5.44. The number of hydrogen-bond acceptors (Lipinski definition) is 6. The third kappa shape index (κ3) is 3.78. The van der Waals surface area contributed by atoms with Gasteiger partial charge in [0.2, 0.25) is 0 Å².